The molecule has 22 heavy (non-hydrogen) atoms. The third kappa shape index (κ3) is 3.58. The van der Waals surface area contributed by atoms with Gasteiger partial charge in [0, 0.05) is 5.69 Å². The fourth-order valence-electron chi connectivity index (χ4n) is 2.59. The van der Waals surface area contributed by atoms with E-state index >= 15 is 0 Å². The van der Waals surface area contributed by atoms with Crippen molar-refractivity contribution in [2.24, 2.45) is 17.3 Å². The molecular weight excluding hydrogens is 338 g/mol. The summed E-state index contributed by atoms with van der Waals surface area (Å²) < 4.78 is 37.5. The van der Waals surface area contributed by atoms with Crippen LogP contribution in [0.5, 0.6) is 0 Å². The summed E-state index contributed by atoms with van der Waals surface area (Å²) >= 11 is 11.2. The molecule has 1 N–H and O–H groups in total. The minimum Gasteiger partial charge on any atom is -0.326 e. The standard InChI is InChI=1S/C15H14Cl2F3NO/c1-14(2)10(7-11(16)17)12(14)13(22)21-9-5-3-8(4-6-9)15(18,19)20/h3-7,10,12H,1-2H3,(H,21,22)/t10-,12-/m1/s1. The van der Waals surface area contributed by atoms with E-state index in [1.165, 1.54) is 12.1 Å². The Balaban J connectivity index is 2.06. The minimum absolute atomic E-state index is 0.0908. The molecule has 2 nitrogen and oxygen atoms in total. The molecule has 0 aliphatic heterocycles. The number of halogens is 5. The summed E-state index contributed by atoms with van der Waals surface area (Å²) in [6.45, 7) is 3.81. The highest BCUT2D eigenvalue weighted by Crippen LogP contribution is 2.60. The number of hydrogen-bond donors (Lipinski definition) is 1. The van der Waals surface area contributed by atoms with Crippen molar-refractivity contribution in [1.29, 1.82) is 0 Å². The van der Waals surface area contributed by atoms with Gasteiger partial charge in [0.2, 0.25) is 5.91 Å². The van der Waals surface area contributed by atoms with E-state index in [0.29, 0.717) is 5.69 Å². The maximum absolute atomic E-state index is 12.5. The second kappa shape index (κ2) is 5.78. The third-order valence-corrected chi connectivity index (χ3v) is 4.23. The highest BCUT2D eigenvalue weighted by Gasteiger charge is 2.60. The lowest BCUT2D eigenvalue weighted by Gasteiger charge is -2.09. The van der Waals surface area contributed by atoms with Crippen LogP contribution in [0.1, 0.15) is 19.4 Å². The molecule has 1 aromatic carbocycles. The van der Waals surface area contributed by atoms with Crippen LogP contribution in [0.3, 0.4) is 0 Å². The first kappa shape index (κ1) is 17.2. The van der Waals surface area contributed by atoms with Crippen molar-refractivity contribution in [3.8, 4) is 0 Å². The Morgan fingerprint density at radius 1 is 1.23 bits per heavy atom. The topological polar surface area (TPSA) is 29.1 Å². The van der Waals surface area contributed by atoms with Gasteiger partial charge in [0.25, 0.3) is 0 Å². The van der Waals surface area contributed by atoms with Gasteiger partial charge in [-0.1, -0.05) is 37.0 Å². The van der Waals surface area contributed by atoms with Crippen LogP contribution in [0.15, 0.2) is 34.8 Å². The first-order chi connectivity index (χ1) is 10.0. The molecule has 1 aliphatic rings. The number of anilines is 1. The lowest BCUT2D eigenvalue weighted by molar-refractivity contribution is -0.137. The number of alkyl halides is 3. The average Bonchev–Trinajstić information content (AvgIpc) is 2.89. The Labute approximate surface area is 136 Å². The molecule has 0 spiro atoms. The van der Waals surface area contributed by atoms with Crippen LogP contribution in [0.4, 0.5) is 18.9 Å². The number of allylic oxidation sites excluding steroid dienone is 1. The largest absolute Gasteiger partial charge is 0.416 e. The van der Waals surface area contributed by atoms with Gasteiger partial charge in [0.15, 0.2) is 0 Å². The molecule has 7 heteroatoms. The molecule has 1 fully saturated rings. The van der Waals surface area contributed by atoms with Gasteiger partial charge in [-0.25, -0.2) is 0 Å². The average molecular weight is 352 g/mol. The smallest absolute Gasteiger partial charge is 0.326 e. The van der Waals surface area contributed by atoms with Crippen LogP contribution in [0.25, 0.3) is 0 Å². The maximum atomic E-state index is 12.5. The fourth-order valence-corrected chi connectivity index (χ4v) is 2.86. The van der Waals surface area contributed by atoms with Crippen LogP contribution >= 0.6 is 23.2 Å². The Bertz CT molecular complexity index is 604. The predicted octanol–water partition coefficient (Wildman–Crippen LogP) is 5.24. The lowest BCUT2D eigenvalue weighted by Crippen LogP contribution is -2.17. The Morgan fingerprint density at radius 2 is 1.77 bits per heavy atom. The van der Waals surface area contributed by atoms with Gasteiger partial charge >= 0.3 is 6.18 Å². The number of amides is 1. The Hall–Kier alpha value is -1.20. The van der Waals surface area contributed by atoms with Crippen molar-refractivity contribution in [2.75, 3.05) is 5.32 Å². The van der Waals surface area contributed by atoms with Crippen molar-refractivity contribution in [3.05, 3.63) is 40.4 Å². The van der Waals surface area contributed by atoms with Crippen LogP contribution in [-0.2, 0) is 11.0 Å². The van der Waals surface area contributed by atoms with E-state index in [1.807, 2.05) is 13.8 Å². The molecule has 0 unspecified atom stereocenters. The second-order valence-electron chi connectivity index (χ2n) is 5.85. The Kier molecular flexibility index (Phi) is 4.51. The minimum atomic E-state index is -4.39. The summed E-state index contributed by atoms with van der Waals surface area (Å²) in [7, 11) is 0. The van der Waals surface area contributed by atoms with Crippen molar-refractivity contribution in [1.82, 2.24) is 0 Å². The summed E-state index contributed by atoms with van der Waals surface area (Å²) in [6.07, 6.45) is -2.78. The van der Waals surface area contributed by atoms with E-state index in [-0.39, 0.29) is 27.6 Å². The number of rotatable bonds is 3. The monoisotopic (exact) mass is 351 g/mol. The lowest BCUT2D eigenvalue weighted by atomic mass is 10.1. The molecule has 1 aliphatic carbocycles. The van der Waals surface area contributed by atoms with E-state index in [9.17, 15) is 18.0 Å². The summed E-state index contributed by atoms with van der Waals surface area (Å²) in [5.74, 6) is -0.671. The normalized spacial score (nSPS) is 22.9. The summed E-state index contributed by atoms with van der Waals surface area (Å²) in [4.78, 5) is 12.2. The molecule has 1 aromatic rings. The molecule has 2 atom stereocenters. The van der Waals surface area contributed by atoms with Gasteiger partial charge < -0.3 is 5.32 Å². The SMILES string of the molecule is CC1(C)[C@H](C=C(Cl)Cl)[C@@H]1C(=O)Nc1ccc(C(F)(F)F)cc1. The molecule has 0 radical (unpaired) electrons. The van der Waals surface area contributed by atoms with Gasteiger partial charge in [0.05, 0.1) is 11.5 Å². The quantitative estimate of drug-likeness (QED) is 0.792. The number of carbonyl (C=O) groups excluding carboxylic acids is 1. The van der Waals surface area contributed by atoms with Gasteiger partial charge in [-0.3, -0.25) is 4.79 Å². The number of carbonyl (C=O) groups is 1. The molecule has 1 saturated carbocycles. The summed E-state index contributed by atoms with van der Waals surface area (Å²) in [5.41, 5.74) is -0.724. The highest BCUT2D eigenvalue weighted by atomic mass is 35.5. The van der Waals surface area contributed by atoms with Crippen molar-refractivity contribution in [2.45, 2.75) is 20.0 Å². The zero-order chi connectivity index (χ0) is 16.7. The Morgan fingerprint density at radius 3 is 2.23 bits per heavy atom. The molecule has 1 amide bonds. The zero-order valence-corrected chi connectivity index (χ0v) is 13.4. The summed E-state index contributed by atoms with van der Waals surface area (Å²) in [6, 6.07) is 4.33. The van der Waals surface area contributed by atoms with Gasteiger partial charge in [0.1, 0.15) is 4.49 Å². The van der Waals surface area contributed by atoms with E-state index < -0.39 is 11.7 Å². The molecule has 0 aromatic heterocycles. The van der Waals surface area contributed by atoms with Crippen molar-refractivity contribution >= 4 is 34.8 Å². The molecule has 0 saturated heterocycles. The zero-order valence-electron chi connectivity index (χ0n) is 11.8. The fraction of sp³-hybridized carbons (Fsp3) is 0.400. The van der Waals surface area contributed by atoms with E-state index in [2.05, 4.69) is 5.32 Å². The predicted molar refractivity (Wildman–Crippen MR) is 80.6 cm³/mol. The third-order valence-electron chi connectivity index (χ3n) is 3.98. The van der Waals surface area contributed by atoms with Crippen LogP contribution in [0.2, 0.25) is 0 Å². The molecular formula is C15H14Cl2F3NO. The molecule has 2 rings (SSSR count). The molecule has 120 valence electrons. The first-order valence-corrected chi connectivity index (χ1v) is 7.30. The van der Waals surface area contributed by atoms with Crippen molar-refractivity contribution in [3.63, 3.8) is 0 Å². The highest BCUT2D eigenvalue weighted by molar-refractivity contribution is 6.55. The van der Waals surface area contributed by atoms with E-state index in [0.717, 1.165) is 12.1 Å². The van der Waals surface area contributed by atoms with E-state index in [4.69, 9.17) is 23.2 Å². The second-order valence-corrected chi connectivity index (χ2v) is 6.85. The number of hydrogen-bond acceptors (Lipinski definition) is 1. The molecule has 0 heterocycles. The van der Waals surface area contributed by atoms with Crippen molar-refractivity contribution < 1.29 is 18.0 Å². The molecule has 0 bridgehead atoms. The number of nitrogens with one attached hydrogen (secondary N) is 1. The van der Waals surface area contributed by atoms with Gasteiger partial charge in [-0.2, -0.15) is 13.2 Å². The van der Waals surface area contributed by atoms with Crippen LogP contribution in [-0.4, -0.2) is 5.91 Å². The number of benzene rings is 1. The van der Waals surface area contributed by atoms with Gasteiger partial charge in [-0.15, -0.1) is 0 Å². The van der Waals surface area contributed by atoms with Gasteiger partial charge in [-0.05, 0) is 41.7 Å². The van der Waals surface area contributed by atoms with E-state index in [1.54, 1.807) is 6.08 Å². The van der Waals surface area contributed by atoms with Crippen LogP contribution < -0.4 is 5.32 Å². The maximum Gasteiger partial charge on any atom is 0.416 e. The first-order valence-electron chi connectivity index (χ1n) is 6.54. The summed E-state index contributed by atoms with van der Waals surface area (Å²) in [5, 5.41) is 2.62. The van der Waals surface area contributed by atoms with Crippen LogP contribution in [0, 0.1) is 17.3 Å².